The van der Waals surface area contributed by atoms with Gasteiger partial charge in [-0.1, -0.05) is 19.0 Å². The topological polar surface area (TPSA) is 136 Å². The molecule has 0 aliphatic rings. The Kier molecular flexibility index (Phi) is 5.45. The molecule has 8 nitrogen and oxygen atoms in total. The lowest BCUT2D eigenvalue weighted by Gasteiger charge is -2.14. The number of nitrogens with two attached hydrogens (primary N) is 1. The van der Waals surface area contributed by atoms with Crippen LogP contribution in [0.3, 0.4) is 0 Å². The lowest BCUT2D eigenvalue weighted by Crippen LogP contribution is -2.41. The normalized spacial score (nSPS) is 12.2. The van der Waals surface area contributed by atoms with Crippen molar-refractivity contribution in [2.24, 2.45) is 5.73 Å². The first-order valence-corrected chi connectivity index (χ1v) is 6.52. The molecule has 0 fully saturated rings. The number of rotatable bonds is 7. The summed E-state index contributed by atoms with van der Waals surface area (Å²) < 4.78 is 5.09. The molecule has 1 atom stereocenters. The Bertz CT molecular complexity index is 550. The van der Waals surface area contributed by atoms with Crippen LogP contribution in [0.5, 0.6) is 0 Å². The molecule has 0 saturated heterocycles. The van der Waals surface area contributed by atoms with E-state index in [1.165, 1.54) is 0 Å². The lowest BCUT2D eigenvalue weighted by molar-refractivity contribution is -0.139. The van der Waals surface area contributed by atoms with Gasteiger partial charge in [0.25, 0.3) is 5.91 Å². The van der Waals surface area contributed by atoms with Crippen molar-refractivity contribution in [1.29, 1.82) is 0 Å². The Hall–Kier alpha value is -2.38. The predicted molar refractivity (Wildman–Crippen MR) is 72.6 cm³/mol. The summed E-state index contributed by atoms with van der Waals surface area (Å²) in [5, 5.41) is 15.2. The van der Waals surface area contributed by atoms with E-state index in [1.807, 2.05) is 13.8 Å². The summed E-state index contributed by atoms with van der Waals surface area (Å²) in [5.41, 5.74) is 5.60. The largest absolute Gasteiger partial charge is 0.480 e. The number of carbonyl (C=O) groups excluding carboxylic acids is 2. The molecule has 0 saturated carbocycles. The number of hydrogen-bond acceptors (Lipinski definition) is 5. The maximum Gasteiger partial charge on any atom is 0.326 e. The Balaban J connectivity index is 2.90. The number of amides is 2. The molecule has 4 N–H and O–H groups in total. The first-order chi connectivity index (χ1) is 9.73. The predicted octanol–water partition coefficient (Wildman–Crippen LogP) is 0.555. The smallest absolute Gasteiger partial charge is 0.326 e. The van der Waals surface area contributed by atoms with E-state index < -0.39 is 23.8 Å². The SMILES string of the molecule is Cc1noc(C(C)C)c1C(=O)NC(CCC(N)=O)C(=O)O. The highest BCUT2D eigenvalue weighted by molar-refractivity contribution is 5.98. The Morgan fingerprint density at radius 3 is 2.48 bits per heavy atom. The molecule has 21 heavy (non-hydrogen) atoms. The molecule has 1 aromatic heterocycles. The molecule has 0 aromatic carbocycles. The van der Waals surface area contributed by atoms with Crippen molar-refractivity contribution in [3.05, 3.63) is 17.0 Å². The quantitative estimate of drug-likeness (QED) is 0.672. The van der Waals surface area contributed by atoms with Crippen LogP contribution in [-0.4, -0.2) is 34.1 Å². The molecule has 0 aliphatic heterocycles. The first kappa shape index (κ1) is 16.7. The zero-order chi connectivity index (χ0) is 16.2. The monoisotopic (exact) mass is 297 g/mol. The minimum absolute atomic E-state index is 0.0687. The van der Waals surface area contributed by atoms with E-state index >= 15 is 0 Å². The van der Waals surface area contributed by atoms with Gasteiger partial charge in [-0.2, -0.15) is 0 Å². The van der Waals surface area contributed by atoms with E-state index in [0.717, 1.165) is 0 Å². The Morgan fingerprint density at radius 2 is 2.00 bits per heavy atom. The number of aryl methyl sites for hydroxylation is 1. The summed E-state index contributed by atoms with van der Waals surface area (Å²) in [6, 6.07) is -1.20. The van der Waals surface area contributed by atoms with E-state index in [2.05, 4.69) is 10.5 Å². The van der Waals surface area contributed by atoms with Crippen LogP contribution in [-0.2, 0) is 9.59 Å². The van der Waals surface area contributed by atoms with E-state index in [4.69, 9.17) is 15.4 Å². The first-order valence-electron chi connectivity index (χ1n) is 6.52. The van der Waals surface area contributed by atoms with Crippen molar-refractivity contribution in [3.63, 3.8) is 0 Å². The van der Waals surface area contributed by atoms with Crippen molar-refractivity contribution in [2.75, 3.05) is 0 Å². The maximum absolute atomic E-state index is 12.2. The van der Waals surface area contributed by atoms with Crippen LogP contribution < -0.4 is 11.1 Å². The molecule has 0 bridgehead atoms. The van der Waals surface area contributed by atoms with Crippen LogP contribution >= 0.6 is 0 Å². The van der Waals surface area contributed by atoms with Gasteiger partial charge in [0, 0.05) is 12.3 Å². The highest BCUT2D eigenvalue weighted by Crippen LogP contribution is 2.22. The molecule has 0 radical (unpaired) electrons. The number of nitrogens with one attached hydrogen (secondary N) is 1. The number of carboxylic acid groups (broad SMARTS) is 1. The standard InChI is InChI=1S/C13H19N3O5/c1-6(2)11-10(7(3)16-21-11)12(18)15-8(13(19)20)4-5-9(14)17/h6,8H,4-5H2,1-3H3,(H2,14,17)(H,15,18)(H,19,20). The van der Waals surface area contributed by atoms with Crippen LogP contribution in [0, 0.1) is 6.92 Å². The van der Waals surface area contributed by atoms with Crippen LogP contribution in [0.15, 0.2) is 4.52 Å². The average molecular weight is 297 g/mol. The number of primary amides is 1. The fourth-order valence-corrected chi connectivity index (χ4v) is 1.83. The van der Waals surface area contributed by atoms with Crippen LogP contribution in [0.2, 0.25) is 0 Å². The third-order valence-electron chi connectivity index (χ3n) is 2.92. The zero-order valence-electron chi connectivity index (χ0n) is 12.2. The van der Waals surface area contributed by atoms with Crippen molar-refractivity contribution in [2.45, 2.75) is 45.6 Å². The minimum atomic E-state index is -1.23. The Morgan fingerprint density at radius 1 is 1.38 bits per heavy atom. The van der Waals surface area contributed by atoms with E-state index in [0.29, 0.717) is 11.5 Å². The second kappa shape index (κ2) is 6.87. The van der Waals surface area contributed by atoms with Gasteiger partial charge in [0.2, 0.25) is 5.91 Å². The molecular formula is C13H19N3O5. The summed E-state index contributed by atoms with van der Waals surface area (Å²) in [6.07, 6.45) is -0.200. The molecule has 116 valence electrons. The van der Waals surface area contributed by atoms with Gasteiger partial charge in [-0.15, -0.1) is 0 Å². The molecule has 1 aromatic rings. The minimum Gasteiger partial charge on any atom is -0.480 e. The molecule has 1 heterocycles. The van der Waals surface area contributed by atoms with E-state index in [-0.39, 0.29) is 24.3 Å². The number of aliphatic carboxylic acids is 1. The third kappa shape index (κ3) is 4.30. The number of nitrogens with zero attached hydrogens (tertiary/aromatic N) is 1. The van der Waals surface area contributed by atoms with Gasteiger partial charge in [-0.3, -0.25) is 9.59 Å². The van der Waals surface area contributed by atoms with Crippen LogP contribution in [0.25, 0.3) is 0 Å². The van der Waals surface area contributed by atoms with Gasteiger partial charge in [-0.05, 0) is 13.3 Å². The van der Waals surface area contributed by atoms with Gasteiger partial charge in [0.05, 0.1) is 5.69 Å². The molecule has 0 spiro atoms. The number of hydrogen-bond donors (Lipinski definition) is 3. The van der Waals surface area contributed by atoms with Gasteiger partial charge in [-0.25, -0.2) is 4.79 Å². The Labute approximate surface area is 121 Å². The fourth-order valence-electron chi connectivity index (χ4n) is 1.83. The maximum atomic E-state index is 12.2. The zero-order valence-corrected chi connectivity index (χ0v) is 12.2. The summed E-state index contributed by atoms with van der Waals surface area (Å²) in [6.45, 7) is 5.26. The van der Waals surface area contributed by atoms with Crippen molar-refractivity contribution in [3.8, 4) is 0 Å². The molecule has 1 rings (SSSR count). The van der Waals surface area contributed by atoms with Gasteiger partial charge in [0.1, 0.15) is 11.6 Å². The number of carboxylic acids is 1. The van der Waals surface area contributed by atoms with Crippen molar-refractivity contribution in [1.82, 2.24) is 10.5 Å². The molecule has 8 heteroatoms. The van der Waals surface area contributed by atoms with Gasteiger partial charge < -0.3 is 20.7 Å². The fraction of sp³-hybridized carbons (Fsp3) is 0.538. The average Bonchev–Trinajstić information content (AvgIpc) is 2.75. The molecular weight excluding hydrogens is 278 g/mol. The van der Waals surface area contributed by atoms with E-state index in [9.17, 15) is 14.4 Å². The summed E-state index contributed by atoms with van der Waals surface area (Å²) in [4.78, 5) is 34.1. The van der Waals surface area contributed by atoms with Gasteiger partial charge in [0.15, 0.2) is 5.76 Å². The third-order valence-corrected chi connectivity index (χ3v) is 2.92. The van der Waals surface area contributed by atoms with Crippen LogP contribution in [0.4, 0.5) is 0 Å². The molecule has 1 unspecified atom stereocenters. The lowest BCUT2D eigenvalue weighted by atomic mass is 10.0. The summed E-state index contributed by atoms with van der Waals surface area (Å²) in [7, 11) is 0. The van der Waals surface area contributed by atoms with E-state index in [1.54, 1.807) is 6.92 Å². The van der Waals surface area contributed by atoms with Crippen LogP contribution in [0.1, 0.15) is 54.4 Å². The molecule has 2 amide bonds. The van der Waals surface area contributed by atoms with Crippen molar-refractivity contribution < 1.29 is 24.0 Å². The highest BCUT2D eigenvalue weighted by Gasteiger charge is 2.27. The second-order valence-corrected chi connectivity index (χ2v) is 5.03. The summed E-state index contributed by atoms with van der Waals surface area (Å²) in [5.74, 6) is -2.12. The number of aromatic nitrogens is 1. The van der Waals surface area contributed by atoms with Gasteiger partial charge >= 0.3 is 5.97 Å². The second-order valence-electron chi connectivity index (χ2n) is 5.03. The number of carbonyl (C=O) groups is 3. The highest BCUT2D eigenvalue weighted by atomic mass is 16.5. The molecule has 0 aliphatic carbocycles. The van der Waals surface area contributed by atoms with Crippen molar-refractivity contribution >= 4 is 17.8 Å². The summed E-state index contributed by atoms with van der Waals surface area (Å²) >= 11 is 0.